The smallest absolute Gasteiger partial charge is 0.297 e. The monoisotopic (exact) mass is 401 g/mol. The number of benzene rings is 2. The molecule has 2 aromatic rings. The van der Waals surface area contributed by atoms with Crippen molar-refractivity contribution in [2.75, 3.05) is 13.2 Å². The van der Waals surface area contributed by atoms with Gasteiger partial charge in [-0.25, -0.2) is 0 Å². The Bertz CT molecular complexity index is 711. The number of hydrogen-bond donors (Lipinski definition) is 0. The van der Waals surface area contributed by atoms with Crippen LogP contribution in [0.25, 0.3) is 0 Å². The van der Waals surface area contributed by atoms with Gasteiger partial charge < -0.3 is 0 Å². The molecule has 2 rings (SSSR count). The molecule has 0 aliphatic heterocycles. The molecule has 28 heavy (non-hydrogen) atoms. The van der Waals surface area contributed by atoms with Crippen LogP contribution < -0.4 is 0 Å². The van der Waals surface area contributed by atoms with Gasteiger partial charge in [-0.05, 0) is 24.0 Å². The first-order valence-corrected chi connectivity index (χ1v) is 10.4. The standard InChI is InChI=1S/C22H26O5P/c1-17(13-19-9-5-3-6-10-19)21(23)15-26-28(25)27-16-22(24)18(2)14-20-11-7-4-8-12-20/h3-12,17-18H,13-16H2,1-2H3/q+1/t17-,18-/m0/s1. The summed E-state index contributed by atoms with van der Waals surface area (Å²) in [4.78, 5) is 24.3. The van der Waals surface area contributed by atoms with Crippen LogP contribution in [0.3, 0.4) is 0 Å². The number of hydrogen-bond acceptors (Lipinski definition) is 5. The lowest BCUT2D eigenvalue weighted by atomic mass is 9.98. The SMILES string of the molecule is C[C@@H](Cc1ccccc1)C(=O)CO[P+](=O)OCC(=O)[C@@H](C)Cc1ccccc1. The molecule has 5 nitrogen and oxygen atoms in total. The molecule has 0 heterocycles. The van der Waals surface area contributed by atoms with Gasteiger partial charge in [0, 0.05) is 16.4 Å². The summed E-state index contributed by atoms with van der Waals surface area (Å²) in [7, 11) is -2.51. The molecule has 0 amide bonds. The van der Waals surface area contributed by atoms with Gasteiger partial charge in [0.05, 0.1) is 0 Å². The van der Waals surface area contributed by atoms with E-state index in [-0.39, 0.29) is 36.6 Å². The van der Waals surface area contributed by atoms with Gasteiger partial charge in [0.2, 0.25) is 0 Å². The summed E-state index contributed by atoms with van der Waals surface area (Å²) in [6.45, 7) is 3.02. The highest BCUT2D eigenvalue weighted by atomic mass is 31.1. The van der Waals surface area contributed by atoms with Gasteiger partial charge in [0.1, 0.15) is 0 Å². The van der Waals surface area contributed by atoms with Gasteiger partial charge >= 0.3 is 8.25 Å². The first-order valence-electron chi connectivity index (χ1n) is 9.32. The van der Waals surface area contributed by atoms with Crippen molar-refractivity contribution in [2.45, 2.75) is 26.7 Å². The molecule has 0 aromatic heterocycles. The molecule has 0 bridgehead atoms. The van der Waals surface area contributed by atoms with Crippen molar-refractivity contribution in [1.82, 2.24) is 0 Å². The van der Waals surface area contributed by atoms with Crippen LogP contribution in [0.5, 0.6) is 0 Å². The minimum Gasteiger partial charge on any atom is -0.297 e. The van der Waals surface area contributed by atoms with E-state index in [1.54, 1.807) is 13.8 Å². The molecule has 0 saturated carbocycles. The van der Waals surface area contributed by atoms with Crippen LogP contribution in [0, 0.1) is 11.8 Å². The van der Waals surface area contributed by atoms with E-state index < -0.39 is 8.25 Å². The highest BCUT2D eigenvalue weighted by Crippen LogP contribution is 2.25. The van der Waals surface area contributed by atoms with Crippen molar-refractivity contribution in [3.05, 3.63) is 71.8 Å². The van der Waals surface area contributed by atoms with E-state index >= 15 is 0 Å². The van der Waals surface area contributed by atoms with Crippen LogP contribution in [-0.4, -0.2) is 24.8 Å². The summed E-state index contributed by atoms with van der Waals surface area (Å²) >= 11 is 0. The van der Waals surface area contributed by atoms with Crippen LogP contribution in [0.2, 0.25) is 0 Å². The third kappa shape index (κ3) is 7.81. The van der Waals surface area contributed by atoms with Crippen molar-refractivity contribution in [2.24, 2.45) is 11.8 Å². The lowest BCUT2D eigenvalue weighted by Crippen LogP contribution is -2.19. The minimum atomic E-state index is -2.51. The Morgan fingerprint density at radius 3 is 1.46 bits per heavy atom. The van der Waals surface area contributed by atoms with E-state index in [1.807, 2.05) is 60.7 Å². The average Bonchev–Trinajstić information content (AvgIpc) is 2.71. The fraction of sp³-hybridized carbons (Fsp3) is 0.364. The second-order valence-electron chi connectivity index (χ2n) is 6.88. The Hall–Kier alpha value is -2.20. The Labute approximate surface area is 167 Å². The van der Waals surface area contributed by atoms with E-state index in [9.17, 15) is 14.2 Å². The molecule has 0 saturated heterocycles. The lowest BCUT2D eigenvalue weighted by molar-refractivity contribution is -0.124. The zero-order valence-corrected chi connectivity index (χ0v) is 17.1. The second-order valence-corrected chi connectivity index (χ2v) is 7.85. The first-order chi connectivity index (χ1) is 13.5. The van der Waals surface area contributed by atoms with Crippen molar-refractivity contribution >= 4 is 19.8 Å². The predicted octanol–water partition coefficient (Wildman–Crippen LogP) is 4.57. The number of Topliss-reactive ketones (excluding diaryl/α,β-unsaturated/α-hetero) is 2. The van der Waals surface area contributed by atoms with E-state index in [4.69, 9.17) is 9.05 Å². The molecule has 0 unspecified atom stereocenters. The molecule has 0 aliphatic carbocycles. The topological polar surface area (TPSA) is 69.7 Å². The largest absolute Gasteiger partial charge is 0.698 e. The van der Waals surface area contributed by atoms with Crippen LogP contribution in [0.1, 0.15) is 25.0 Å². The maximum absolute atomic E-state index is 12.1. The maximum atomic E-state index is 12.1. The van der Waals surface area contributed by atoms with Gasteiger partial charge in [-0.15, -0.1) is 9.05 Å². The van der Waals surface area contributed by atoms with Gasteiger partial charge in [-0.1, -0.05) is 74.5 Å². The van der Waals surface area contributed by atoms with Crippen molar-refractivity contribution in [1.29, 1.82) is 0 Å². The van der Waals surface area contributed by atoms with Crippen LogP contribution in [-0.2, 0) is 36.0 Å². The Morgan fingerprint density at radius 1 is 0.750 bits per heavy atom. The molecule has 0 aliphatic rings. The number of carbonyl (C=O) groups excluding carboxylic acids is 2. The van der Waals surface area contributed by atoms with E-state index in [0.29, 0.717) is 12.8 Å². The van der Waals surface area contributed by atoms with Crippen molar-refractivity contribution in [3.63, 3.8) is 0 Å². The summed E-state index contributed by atoms with van der Waals surface area (Å²) in [5.74, 6) is -0.809. The third-order valence-electron chi connectivity index (χ3n) is 4.49. The van der Waals surface area contributed by atoms with Crippen LogP contribution in [0.4, 0.5) is 0 Å². The summed E-state index contributed by atoms with van der Waals surface area (Å²) in [6.07, 6.45) is 1.19. The first kappa shape index (κ1) is 22.1. The highest BCUT2D eigenvalue weighted by Gasteiger charge is 2.27. The summed E-state index contributed by atoms with van der Waals surface area (Å²) < 4.78 is 21.8. The van der Waals surface area contributed by atoms with Gasteiger partial charge in [-0.2, -0.15) is 0 Å². The molecule has 148 valence electrons. The number of carbonyl (C=O) groups is 2. The fourth-order valence-electron chi connectivity index (χ4n) is 2.72. The molecule has 0 fully saturated rings. The highest BCUT2D eigenvalue weighted by molar-refractivity contribution is 7.33. The summed E-state index contributed by atoms with van der Waals surface area (Å²) in [5.41, 5.74) is 2.11. The van der Waals surface area contributed by atoms with Crippen LogP contribution in [0.15, 0.2) is 60.7 Å². The van der Waals surface area contributed by atoms with Gasteiger partial charge in [0.25, 0.3) is 0 Å². The Kier molecular flexibility index (Phi) is 9.15. The molecule has 6 heteroatoms. The molecule has 0 radical (unpaired) electrons. The van der Waals surface area contributed by atoms with Crippen molar-refractivity contribution < 1.29 is 23.2 Å². The van der Waals surface area contributed by atoms with Gasteiger partial charge in [0.15, 0.2) is 24.8 Å². The third-order valence-corrected chi connectivity index (χ3v) is 5.17. The minimum absolute atomic E-state index is 0.153. The molecular weight excluding hydrogens is 375 g/mol. The normalized spacial score (nSPS) is 12.9. The zero-order chi connectivity index (χ0) is 20.4. The second kappa shape index (κ2) is 11.6. The molecule has 2 aromatic carbocycles. The molecule has 0 spiro atoms. The zero-order valence-electron chi connectivity index (χ0n) is 16.2. The van der Waals surface area contributed by atoms with Crippen LogP contribution >= 0.6 is 8.25 Å². The Morgan fingerprint density at radius 2 is 1.11 bits per heavy atom. The lowest BCUT2D eigenvalue weighted by Gasteiger charge is -2.08. The molecule has 2 atom stereocenters. The maximum Gasteiger partial charge on any atom is 0.698 e. The molecule has 0 N–H and O–H groups in total. The number of ketones is 2. The van der Waals surface area contributed by atoms with Gasteiger partial charge in [-0.3, -0.25) is 9.59 Å². The van der Waals surface area contributed by atoms with E-state index in [1.165, 1.54) is 0 Å². The average molecular weight is 401 g/mol. The van der Waals surface area contributed by atoms with Crippen molar-refractivity contribution in [3.8, 4) is 0 Å². The summed E-state index contributed by atoms with van der Waals surface area (Å²) in [6, 6.07) is 19.3. The van der Waals surface area contributed by atoms with E-state index in [0.717, 1.165) is 11.1 Å². The van der Waals surface area contributed by atoms with E-state index in [2.05, 4.69) is 0 Å². The fourth-order valence-corrected chi connectivity index (χ4v) is 3.26. The predicted molar refractivity (Wildman–Crippen MR) is 108 cm³/mol. The quantitative estimate of drug-likeness (QED) is 0.487. The number of rotatable bonds is 12. The molecular formula is C22H26O5P+. The summed E-state index contributed by atoms with van der Waals surface area (Å²) in [5, 5.41) is 0. The Balaban J connectivity index is 1.67.